The van der Waals surface area contributed by atoms with Crippen molar-refractivity contribution in [2.75, 3.05) is 13.7 Å². The summed E-state index contributed by atoms with van der Waals surface area (Å²) in [6.07, 6.45) is 0.965. The molecule has 0 aliphatic carbocycles. The molecule has 1 unspecified atom stereocenters. The Labute approximate surface area is 123 Å². The Hall–Kier alpha value is -1.94. The maximum atomic E-state index is 13.6. The van der Waals surface area contributed by atoms with Gasteiger partial charge in [0.25, 0.3) is 0 Å². The Morgan fingerprint density at radius 3 is 2.29 bits per heavy atom. The molecule has 2 nitrogen and oxygen atoms in total. The monoisotopic (exact) mass is 291 g/mol. The van der Waals surface area contributed by atoms with Gasteiger partial charge in [0.15, 0.2) is 0 Å². The topological polar surface area (TPSA) is 21.3 Å². The molecule has 2 aromatic carbocycles. The van der Waals surface area contributed by atoms with E-state index in [1.165, 1.54) is 18.2 Å². The molecule has 112 valence electrons. The van der Waals surface area contributed by atoms with Crippen molar-refractivity contribution in [2.24, 2.45) is 0 Å². The highest BCUT2D eigenvalue weighted by Gasteiger charge is 2.14. The summed E-state index contributed by atoms with van der Waals surface area (Å²) < 4.78 is 32.9. The molecule has 0 saturated heterocycles. The van der Waals surface area contributed by atoms with E-state index in [1.807, 2.05) is 30.3 Å². The predicted molar refractivity (Wildman–Crippen MR) is 79.5 cm³/mol. The van der Waals surface area contributed by atoms with Crippen LogP contribution in [0.2, 0.25) is 0 Å². The van der Waals surface area contributed by atoms with E-state index in [4.69, 9.17) is 4.74 Å². The van der Waals surface area contributed by atoms with Crippen molar-refractivity contribution in [3.63, 3.8) is 0 Å². The van der Waals surface area contributed by atoms with Crippen molar-refractivity contribution in [1.29, 1.82) is 0 Å². The predicted octanol–water partition coefficient (Wildman–Crippen LogP) is 3.56. The lowest BCUT2D eigenvalue weighted by atomic mass is 10.0. The van der Waals surface area contributed by atoms with Crippen LogP contribution in [0.15, 0.2) is 48.5 Å². The number of hydrogen-bond donors (Lipinski definition) is 1. The first-order valence-electron chi connectivity index (χ1n) is 6.98. The quantitative estimate of drug-likeness (QED) is 0.842. The van der Waals surface area contributed by atoms with E-state index < -0.39 is 11.6 Å². The lowest BCUT2D eigenvalue weighted by molar-refractivity contribution is 0.287. The summed E-state index contributed by atoms with van der Waals surface area (Å²) in [5.74, 6) is -0.206. The normalized spacial score (nSPS) is 12.1. The van der Waals surface area contributed by atoms with Gasteiger partial charge in [-0.25, -0.2) is 8.78 Å². The Morgan fingerprint density at radius 1 is 1.00 bits per heavy atom. The molecule has 1 atom stereocenters. The molecule has 1 N–H and O–H groups in total. The third kappa shape index (κ3) is 4.53. The molecule has 0 spiro atoms. The van der Waals surface area contributed by atoms with Crippen LogP contribution in [-0.4, -0.2) is 19.7 Å². The van der Waals surface area contributed by atoms with Gasteiger partial charge in [-0.05, 0) is 44.2 Å². The van der Waals surface area contributed by atoms with Crippen LogP contribution in [0.4, 0.5) is 8.78 Å². The number of para-hydroxylation sites is 1. The summed E-state index contributed by atoms with van der Waals surface area (Å²) in [5, 5.41) is 3.08. The largest absolute Gasteiger partial charge is 0.494 e. The number of rotatable bonds is 7. The van der Waals surface area contributed by atoms with E-state index in [0.717, 1.165) is 5.75 Å². The minimum Gasteiger partial charge on any atom is -0.494 e. The Kier molecular flexibility index (Phi) is 5.69. The van der Waals surface area contributed by atoms with Crippen LogP contribution in [0, 0.1) is 11.6 Å². The molecule has 21 heavy (non-hydrogen) atoms. The lowest BCUT2D eigenvalue weighted by Crippen LogP contribution is -2.30. The number of hydrogen-bond acceptors (Lipinski definition) is 2. The third-order valence-corrected chi connectivity index (χ3v) is 3.40. The fraction of sp³-hybridized carbons (Fsp3) is 0.294. The molecule has 0 bridgehead atoms. The fourth-order valence-electron chi connectivity index (χ4n) is 2.16. The zero-order valence-electron chi connectivity index (χ0n) is 12.0. The SMILES string of the molecule is CNC(CCOc1ccccc1)Cc1c(F)cccc1F. The summed E-state index contributed by atoms with van der Waals surface area (Å²) in [6, 6.07) is 13.4. The second kappa shape index (κ2) is 7.74. The number of halogens is 2. The molecular formula is C17H19F2NO. The van der Waals surface area contributed by atoms with E-state index in [1.54, 1.807) is 7.05 Å². The molecule has 0 radical (unpaired) electrons. The van der Waals surface area contributed by atoms with Gasteiger partial charge in [-0.3, -0.25) is 0 Å². The highest BCUT2D eigenvalue weighted by atomic mass is 19.1. The van der Waals surface area contributed by atoms with E-state index in [-0.39, 0.29) is 11.6 Å². The maximum absolute atomic E-state index is 13.6. The second-order valence-corrected chi connectivity index (χ2v) is 4.84. The van der Waals surface area contributed by atoms with Crippen LogP contribution in [0.5, 0.6) is 5.75 Å². The molecule has 0 fully saturated rings. The average Bonchev–Trinajstić information content (AvgIpc) is 2.50. The van der Waals surface area contributed by atoms with Gasteiger partial charge >= 0.3 is 0 Å². The molecule has 4 heteroatoms. The highest BCUT2D eigenvalue weighted by Crippen LogP contribution is 2.16. The maximum Gasteiger partial charge on any atom is 0.129 e. The third-order valence-electron chi connectivity index (χ3n) is 3.40. The lowest BCUT2D eigenvalue weighted by Gasteiger charge is -2.17. The fourth-order valence-corrected chi connectivity index (χ4v) is 2.16. The molecule has 0 amide bonds. The first-order chi connectivity index (χ1) is 10.2. The summed E-state index contributed by atoms with van der Waals surface area (Å²) in [7, 11) is 1.78. The molecular weight excluding hydrogens is 272 g/mol. The zero-order valence-corrected chi connectivity index (χ0v) is 12.0. The van der Waals surface area contributed by atoms with Gasteiger partial charge in [0, 0.05) is 11.6 Å². The number of likely N-dealkylation sites (N-methyl/N-ethyl adjacent to an activating group) is 1. The van der Waals surface area contributed by atoms with Gasteiger partial charge in [0.2, 0.25) is 0 Å². The van der Waals surface area contributed by atoms with Crippen molar-refractivity contribution in [2.45, 2.75) is 18.9 Å². The molecule has 0 saturated carbocycles. The van der Waals surface area contributed by atoms with E-state index in [2.05, 4.69) is 5.32 Å². The smallest absolute Gasteiger partial charge is 0.129 e. The van der Waals surface area contributed by atoms with Gasteiger partial charge < -0.3 is 10.1 Å². The van der Waals surface area contributed by atoms with E-state index >= 15 is 0 Å². The Balaban J connectivity index is 1.89. The zero-order chi connectivity index (χ0) is 15.1. The molecule has 0 aliphatic rings. The number of benzene rings is 2. The summed E-state index contributed by atoms with van der Waals surface area (Å²) in [4.78, 5) is 0. The van der Waals surface area contributed by atoms with Crippen LogP contribution in [0.25, 0.3) is 0 Å². The number of nitrogens with one attached hydrogen (secondary N) is 1. The summed E-state index contributed by atoms with van der Waals surface area (Å²) in [6.45, 7) is 0.492. The summed E-state index contributed by atoms with van der Waals surface area (Å²) >= 11 is 0. The summed E-state index contributed by atoms with van der Waals surface area (Å²) in [5.41, 5.74) is 0.122. The molecule has 2 rings (SSSR count). The van der Waals surface area contributed by atoms with Crippen molar-refractivity contribution in [1.82, 2.24) is 5.32 Å². The van der Waals surface area contributed by atoms with E-state index in [0.29, 0.717) is 19.4 Å². The van der Waals surface area contributed by atoms with Gasteiger partial charge in [-0.2, -0.15) is 0 Å². The highest BCUT2D eigenvalue weighted by molar-refractivity contribution is 5.22. The minimum atomic E-state index is -0.501. The Bertz CT molecular complexity index is 540. The Morgan fingerprint density at radius 2 is 1.67 bits per heavy atom. The van der Waals surface area contributed by atoms with Crippen LogP contribution in [0.1, 0.15) is 12.0 Å². The molecule has 0 aliphatic heterocycles. The van der Waals surface area contributed by atoms with Crippen molar-refractivity contribution < 1.29 is 13.5 Å². The van der Waals surface area contributed by atoms with Crippen molar-refractivity contribution in [3.05, 3.63) is 65.7 Å². The van der Waals surface area contributed by atoms with Crippen LogP contribution in [-0.2, 0) is 6.42 Å². The van der Waals surface area contributed by atoms with Gasteiger partial charge in [0.05, 0.1) is 6.61 Å². The first-order valence-corrected chi connectivity index (χ1v) is 6.98. The second-order valence-electron chi connectivity index (χ2n) is 4.84. The van der Waals surface area contributed by atoms with E-state index in [9.17, 15) is 8.78 Å². The van der Waals surface area contributed by atoms with Crippen LogP contribution >= 0.6 is 0 Å². The van der Waals surface area contributed by atoms with Gasteiger partial charge in [-0.15, -0.1) is 0 Å². The average molecular weight is 291 g/mol. The first kappa shape index (κ1) is 15.4. The van der Waals surface area contributed by atoms with Crippen LogP contribution < -0.4 is 10.1 Å². The van der Waals surface area contributed by atoms with Gasteiger partial charge in [0.1, 0.15) is 17.4 Å². The standard InChI is InChI=1S/C17H19F2NO/c1-20-13(10-11-21-14-6-3-2-4-7-14)12-15-16(18)8-5-9-17(15)19/h2-9,13,20H,10-12H2,1H3. The molecule has 0 aromatic heterocycles. The minimum absolute atomic E-state index is 0.0416. The van der Waals surface area contributed by atoms with Crippen molar-refractivity contribution >= 4 is 0 Å². The van der Waals surface area contributed by atoms with Crippen molar-refractivity contribution in [3.8, 4) is 5.75 Å². The number of ether oxygens (including phenoxy) is 1. The van der Waals surface area contributed by atoms with Crippen LogP contribution in [0.3, 0.4) is 0 Å². The molecule has 2 aromatic rings. The van der Waals surface area contributed by atoms with Gasteiger partial charge in [-0.1, -0.05) is 24.3 Å². The molecule has 0 heterocycles.